The summed E-state index contributed by atoms with van der Waals surface area (Å²) in [6.45, 7) is 0. The van der Waals surface area contributed by atoms with Crippen LogP contribution >= 0.6 is 38.5 Å². The molecule has 0 aliphatic rings. The SMILES string of the molecule is O=C(NN=Cc1ccc(Br)cc1)c1cccc(I)c1. The van der Waals surface area contributed by atoms with Gasteiger partial charge in [-0.05, 0) is 58.5 Å². The van der Waals surface area contributed by atoms with Crippen molar-refractivity contribution in [2.24, 2.45) is 5.10 Å². The van der Waals surface area contributed by atoms with Crippen LogP contribution in [0.3, 0.4) is 0 Å². The average Bonchev–Trinajstić information content (AvgIpc) is 2.41. The minimum Gasteiger partial charge on any atom is -0.267 e. The number of rotatable bonds is 3. The maximum atomic E-state index is 11.8. The first kappa shape index (κ1) is 14.2. The van der Waals surface area contributed by atoms with Crippen LogP contribution in [0.1, 0.15) is 15.9 Å². The van der Waals surface area contributed by atoms with Crippen molar-refractivity contribution in [1.29, 1.82) is 0 Å². The zero-order chi connectivity index (χ0) is 13.7. The summed E-state index contributed by atoms with van der Waals surface area (Å²) in [5.41, 5.74) is 4.02. The van der Waals surface area contributed by atoms with Crippen molar-refractivity contribution in [2.75, 3.05) is 0 Å². The summed E-state index contributed by atoms with van der Waals surface area (Å²) in [7, 11) is 0. The molecule has 0 aliphatic heterocycles. The molecule has 0 fully saturated rings. The monoisotopic (exact) mass is 428 g/mol. The van der Waals surface area contributed by atoms with Crippen LogP contribution in [0.25, 0.3) is 0 Å². The summed E-state index contributed by atoms with van der Waals surface area (Å²) in [5.74, 6) is -0.216. The van der Waals surface area contributed by atoms with Gasteiger partial charge in [-0.3, -0.25) is 4.79 Å². The third kappa shape index (κ3) is 4.43. The highest BCUT2D eigenvalue weighted by molar-refractivity contribution is 14.1. The molecule has 0 radical (unpaired) electrons. The van der Waals surface area contributed by atoms with E-state index in [-0.39, 0.29) is 5.91 Å². The Balaban J connectivity index is 1.98. The lowest BCUT2D eigenvalue weighted by Gasteiger charge is -2.00. The summed E-state index contributed by atoms with van der Waals surface area (Å²) < 4.78 is 2.02. The first-order valence-electron chi connectivity index (χ1n) is 5.50. The lowest BCUT2D eigenvalue weighted by Crippen LogP contribution is -2.17. The van der Waals surface area contributed by atoms with Crippen LogP contribution in [0.2, 0.25) is 0 Å². The smallest absolute Gasteiger partial charge is 0.267 e. The first-order chi connectivity index (χ1) is 9.15. The van der Waals surface area contributed by atoms with Gasteiger partial charge in [-0.25, -0.2) is 5.43 Å². The number of hydrogen-bond acceptors (Lipinski definition) is 2. The van der Waals surface area contributed by atoms with Gasteiger partial charge < -0.3 is 0 Å². The maximum absolute atomic E-state index is 11.8. The Morgan fingerprint density at radius 2 is 1.95 bits per heavy atom. The molecule has 2 aromatic carbocycles. The van der Waals surface area contributed by atoms with Crippen molar-refractivity contribution < 1.29 is 4.79 Å². The topological polar surface area (TPSA) is 41.5 Å². The minimum atomic E-state index is -0.216. The highest BCUT2D eigenvalue weighted by atomic mass is 127. The highest BCUT2D eigenvalue weighted by Gasteiger charge is 2.03. The Labute approximate surface area is 133 Å². The van der Waals surface area contributed by atoms with Crippen molar-refractivity contribution >= 4 is 50.6 Å². The van der Waals surface area contributed by atoms with Gasteiger partial charge in [-0.1, -0.05) is 34.1 Å². The highest BCUT2D eigenvalue weighted by Crippen LogP contribution is 2.09. The zero-order valence-corrected chi connectivity index (χ0v) is 13.6. The van der Waals surface area contributed by atoms with Crippen LogP contribution in [0.4, 0.5) is 0 Å². The zero-order valence-electron chi connectivity index (χ0n) is 9.81. The Morgan fingerprint density at radius 1 is 1.21 bits per heavy atom. The minimum absolute atomic E-state index is 0.216. The molecule has 3 nitrogen and oxygen atoms in total. The van der Waals surface area contributed by atoms with E-state index in [1.165, 1.54) is 0 Å². The number of halogens is 2. The molecule has 0 aromatic heterocycles. The molecule has 0 bridgehead atoms. The first-order valence-corrected chi connectivity index (χ1v) is 7.37. The predicted molar refractivity (Wildman–Crippen MR) is 88.4 cm³/mol. The van der Waals surface area contributed by atoms with E-state index in [0.29, 0.717) is 5.56 Å². The van der Waals surface area contributed by atoms with Crippen LogP contribution in [0, 0.1) is 3.57 Å². The van der Waals surface area contributed by atoms with Gasteiger partial charge in [0.05, 0.1) is 6.21 Å². The van der Waals surface area contributed by atoms with E-state index in [2.05, 4.69) is 49.0 Å². The van der Waals surface area contributed by atoms with Gasteiger partial charge in [0, 0.05) is 13.6 Å². The molecule has 96 valence electrons. The van der Waals surface area contributed by atoms with Gasteiger partial charge in [-0.15, -0.1) is 0 Å². The number of benzene rings is 2. The molecule has 0 saturated carbocycles. The molecule has 0 saturated heterocycles. The van der Waals surface area contributed by atoms with Crippen molar-refractivity contribution in [3.63, 3.8) is 0 Å². The second kappa shape index (κ2) is 6.81. The summed E-state index contributed by atoms with van der Waals surface area (Å²) in [6.07, 6.45) is 1.61. The molecular weight excluding hydrogens is 419 g/mol. The standard InChI is InChI=1S/C14H10BrIN2O/c15-12-6-4-10(5-7-12)9-17-18-14(19)11-2-1-3-13(16)8-11/h1-9H,(H,18,19). The molecule has 0 atom stereocenters. The number of nitrogens with zero attached hydrogens (tertiary/aromatic N) is 1. The molecule has 2 aromatic rings. The van der Waals surface area contributed by atoms with Crippen molar-refractivity contribution in [2.45, 2.75) is 0 Å². The third-order valence-electron chi connectivity index (χ3n) is 2.34. The van der Waals surface area contributed by atoms with Crippen LogP contribution in [-0.2, 0) is 0 Å². The molecule has 0 heterocycles. The second-order valence-corrected chi connectivity index (χ2v) is 5.92. The van der Waals surface area contributed by atoms with Crippen molar-refractivity contribution in [3.8, 4) is 0 Å². The summed E-state index contributed by atoms with van der Waals surface area (Å²) in [6, 6.07) is 15.0. The van der Waals surface area contributed by atoms with E-state index < -0.39 is 0 Å². The lowest BCUT2D eigenvalue weighted by atomic mass is 10.2. The molecular formula is C14H10BrIN2O. The number of carbonyl (C=O) groups is 1. The predicted octanol–water partition coefficient (Wildman–Crippen LogP) is 3.82. The van der Waals surface area contributed by atoms with Crippen molar-refractivity contribution in [3.05, 3.63) is 67.7 Å². The van der Waals surface area contributed by atoms with Gasteiger partial charge in [0.1, 0.15) is 0 Å². The molecule has 1 N–H and O–H groups in total. The van der Waals surface area contributed by atoms with E-state index in [9.17, 15) is 4.79 Å². The van der Waals surface area contributed by atoms with Crippen LogP contribution < -0.4 is 5.43 Å². The third-order valence-corrected chi connectivity index (χ3v) is 3.54. The normalized spacial score (nSPS) is 10.6. The number of hydrazone groups is 1. The number of hydrogen-bond donors (Lipinski definition) is 1. The average molecular weight is 429 g/mol. The quantitative estimate of drug-likeness (QED) is 0.450. The number of carbonyl (C=O) groups excluding carboxylic acids is 1. The molecule has 0 spiro atoms. The maximum Gasteiger partial charge on any atom is 0.271 e. The van der Waals surface area contributed by atoms with Crippen LogP contribution in [0.5, 0.6) is 0 Å². The van der Waals surface area contributed by atoms with Gasteiger partial charge in [0.2, 0.25) is 0 Å². The Morgan fingerprint density at radius 3 is 2.63 bits per heavy atom. The summed E-state index contributed by atoms with van der Waals surface area (Å²) in [5, 5.41) is 3.93. The molecule has 0 unspecified atom stereocenters. The largest absolute Gasteiger partial charge is 0.271 e. The van der Waals surface area contributed by atoms with Gasteiger partial charge in [0.25, 0.3) is 5.91 Å². The molecule has 1 amide bonds. The number of nitrogens with one attached hydrogen (secondary N) is 1. The molecule has 0 aliphatic carbocycles. The van der Waals surface area contributed by atoms with Crippen LogP contribution in [-0.4, -0.2) is 12.1 Å². The summed E-state index contributed by atoms with van der Waals surface area (Å²) in [4.78, 5) is 11.8. The van der Waals surface area contributed by atoms with E-state index in [1.807, 2.05) is 42.5 Å². The molecule has 2 rings (SSSR count). The van der Waals surface area contributed by atoms with E-state index in [4.69, 9.17) is 0 Å². The van der Waals surface area contributed by atoms with E-state index >= 15 is 0 Å². The molecule has 19 heavy (non-hydrogen) atoms. The Hall–Kier alpha value is -1.21. The Bertz CT molecular complexity index is 611. The second-order valence-electron chi connectivity index (χ2n) is 3.76. The fourth-order valence-electron chi connectivity index (χ4n) is 1.41. The number of amides is 1. The van der Waals surface area contributed by atoms with Gasteiger partial charge >= 0.3 is 0 Å². The van der Waals surface area contributed by atoms with Crippen LogP contribution in [0.15, 0.2) is 58.1 Å². The fraction of sp³-hybridized carbons (Fsp3) is 0. The lowest BCUT2D eigenvalue weighted by molar-refractivity contribution is 0.0955. The fourth-order valence-corrected chi connectivity index (χ4v) is 2.22. The van der Waals surface area contributed by atoms with Gasteiger partial charge in [0.15, 0.2) is 0 Å². The van der Waals surface area contributed by atoms with Gasteiger partial charge in [-0.2, -0.15) is 5.10 Å². The van der Waals surface area contributed by atoms with Crippen molar-refractivity contribution in [1.82, 2.24) is 5.43 Å². The Kier molecular flexibility index (Phi) is 5.09. The van der Waals surface area contributed by atoms with E-state index in [1.54, 1.807) is 12.3 Å². The summed E-state index contributed by atoms with van der Waals surface area (Å²) >= 11 is 5.53. The van der Waals surface area contributed by atoms with E-state index in [0.717, 1.165) is 13.6 Å². The molecule has 5 heteroatoms.